The molecule has 3 atom stereocenters. The van der Waals surface area contributed by atoms with Crippen LogP contribution in [0.3, 0.4) is 0 Å². The van der Waals surface area contributed by atoms with E-state index in [1.54, 1.807) is 0 Å². The number of hydrogen-bond donors (Lipinski definition) is 1. The fraction of sp³-hybridized carbons (Fsp3) is 0.818. The van der Waals surface area contributed by atoms with E-state index in [0.717, 1.165) is 6.42 Å². The summed E-state index contributed by atoms with van der Waals surface area (Å²) in [6.45, 7) is 6.05. The summed E-state index contributed by atoms with van der Waals surface area (Å²) < 4.78 is 0. The topological polar surface area (TPSA) is 20.2 Å². The van der Waals surface area contributed by atoms with Crippen molar-refractivity contribution < 1.29 is 5.11 Å². The first-order valence-electron chi connectivity index (χ1n) is 5.01. The first kappa shape index (κ1) is 8.31. The van der Waals surface area contributed by atoms with Crippen LogP contribution in [0.1, 0.15) is 39.0 Å². The molecule has 0 aromatic rings. The minimum absolute atomic E-state index is 0.442. The first-order valence-corrected chi connectivity index (χ1v) is 5.01. The molecular formula is C11H18O. The Morgan fingerprint density at radius 3 is 2.75 bits per heavy atom. The van der Waals surface area contributed by atoms with Crippen molar-refractivity contribution in [2.75, 3.05) is 0 Å². The van der Waals surface area contributed by atoms with Crippen molar-refractivity contribution >= 4 is 0 Å². The van der Waals surface area contributed by atoms with Crippen molar-refractivity contribution in [2.45, 2.75) is 44.6 Å². The second-order valence-electron chi connectivity index (χ2n) is 4.69. The third kappa shape index (κ3) is 1.11. The second-order valence-corrected chi connectivity index (χ2v) is 4.69. The summed E-state index contributed by atoms with van der Waals surface area (Å²) in [6.07, 6.45) is 5.93. The highest BCUT2D eigenvalue weighted by Crippen LogP contribution is 2.50. The minimum atomic E-state index is -0.442. The van der Waals surface area contributed by atoms with Gasteiger partial charge in [0.1, 0.15) is 0 Å². The van der Waals surface area contributed by atoms with Crippen LogP contribution < -0.4 is 0 Å². The van der Waals surface area contributed by atoms with Crippen LogP contribution in [0, 0.1) is 11.8 Å². The van der Waals surface area contributed by atoms with E-state index >= 15 is 0 Å². The summed E-state index contributed by atoms with van der Waals surface area (Å²) in [4.78, 5) is 0. The van der Waals surface area contributed by atoms with E-state index in [1.165, 1.54) is 31.3 Å². The van der Waals surface area contributed by atoms with E-state index in [4.69, 9.17) is 0 Å². The molecule has 1 heteroatoms. The lowest BCUT2D eigenvalue weighted by molar-refractivity contribution is -0.00194. The number of rotatable bonds is 0. The summed E-state index contributed by atoms with van der Waals surface area (Å²) >= 11 is 0. The quantitative estimate of drug-likeness (QED) is 0.548. The van der Waals surface area contributed by atoms with Gasteiger partial charge in [-0.1, -0.05) is 25.0 Å². The maximum atomic E-state index is 10.1. The van der Waals surface area contributed by atoms with Gasteiger partial charge in [-0.15, -0.1) is 0 Å². The molecule has 0 aliphatic heterocycles. The van der Waals surface area contributed by atoms with Gasteiger partial charge >= 0.3 is 0 Å². The normalized spacial score (nSPS) is 47.7. The number of aliphatic hydroxyl groups is 1. The molecule has 0 saturated heterocycles. The van der Waals surface area contributed by atoms with Gasteiger partial charge in [-0.3, -0.25) is 0 Å². The van der Waals surface area contributed by atoms with E-state index in [2.05, 4.69) is 6.58 Å². The zero-order valence-corrected chi connectivity index (χ0v) is 7.84. The highest BCUT2D eigenvalue weighted by molar-refractivity contribution is 5.17. The largest absolute Gasteiger partial charge is 0.390 e. The van der Waals surface area contributed by atoms with Crippen LogP contribution in [-0.2, 0) is 0 Å². The summed E-state index contributed by atoms with van der Waals surface area (Å²) in [5.74, 6) is 1.15. The van der Waals surface area contributed by atoms with E-state index in [1.807, 2.05) is 6.92 Å². The summed E-state index contributed by atoms with van der Waals surface area (Å²) in [6, 6.07) is 0. The van der Waals surface area contributed by atoms with Crippen LogP contribution in [0.2, 0.25) is 0 Å². The van der Waals surface area contributed by atoms with Gasteiger partial charge in [0, 0.05) is 0 Å². The van der Waals surface area contributed by atoms with Crippen molar-refractivity contribution in [2.24, 2.45) is 11.8 Å². The first-order chi connectivity index (χ1) is 5.61. The molecule has 68 valence electrons. The highest BCUT2D eigenvalue weighted by atomic mass is 16.3. The Kier molecular flexibility index (Phi) is 1.80. The SMILES string of the molecule is C=C1CC(C)(O)[C@@H]2CCCC[C@H]12. The van der Waals surface area contributed by atoms with E-state index in [0.29, 0.717) is 11.8 Å². The molecule has 0 heterocycles. The van der Waals surface area contributed by atoms with Gasteiger partial charge in [0.2, 0.25) is 0 Å². The van der Waals surface area contributed by atoms with Crippen LogP contribution in [0.4, 0.5) is 0 Å². The van der Waals surface area contributed by atoms with Gasteiger partial charge in [0.25, 0.3) is 0 Å². The predicted octanol–water partition coefficient (Wildman–Crippen LogP) is 2.50. The molecule has 2 fully saturated rings. The molecule has 0 aromatic carbocycles. The fourth-order valence-corrected chi connectivity index (χ4v) is 3.09. The van der Waals surface area contributed by atoms with Crippen LogP contribution in [0.5, 0.6) is 0 Å². The fourth-order valence-electron chi connectivity index (χ4n) is 3.09. The van der Waals surface area contributed by atoms with Crippen LogP contribution >= 0.6 is 0 Å². The Balaban J connectivity index is 2.22. The van der Waals surface area contributed by atoms with Gasteiger partial charge < -0.3 is 5.11 Å². The van der Waals surface area contributed by atoms with Crippen LogP contribution in [0.15, 0.2) is 12.2 Å². The van der Waals surface area contributed by atoms with Crippen LogP contribution in [-0.4, -0.2) is 10.7 Å². The molecule has 1 nitrogen and oxygen atoms in total. The third-order valence-electron chi connectivity index (χ3n) is 3.67. The maximum absolute atomic E-state index is 10.1. The molecule has 2 saturated carbocycles. The Morgan fingerprint density at radius 1 is 1.42 bits per heavy atom. The van der Waals surface area contributed by atoms with Gasteiger partial charge in [0.15, 0.2) is 0 Å². The Labute approximate surface area is 74.5 Å². The van der Waals surface area contributed by atoms with Crippen molar-refractivity contribution in [3.8, 4) is 0 Å². The second kappa shape index (κ2) is 2.59. The standard InChI is InChI=1S/C11H18O/c1-8-7-11(2,12)10-6-4-3-5-9(8)10/h9-10,12H,1,3-7H2,2H3/t9-,10-,11?/m1/s1. The summed E-state index contributed by atoms with van der Waals surface area (Å²) in [5, 5.41) is 10.1. The van der Waals surface area contributed by atoms with Crippen molar-refractivity contribution in [1.82, 2.24) is 0 Å². The lowest BCUT2D eigenvalue weighted by Crippen LogP contribution is -2.33. The van der Waals surface area contributed by atoms with Gasteiger partial charge in [-0.2, -0.15) is 0 Å². The van der Waals surface area contributed by atoms with Crippen molar-refractivity contribution in [3.63, 3.8) is 0 Å². The van der Waals surface area contributed by atoms with Crippen molar-refractivity contribution in [3.05, 3.63) is 12.2 Å². The Hall–Kier alpha value is -0.300. The molecule has 0 bridgehead atoms. The zero-order chi connectivity index (χ0) is 8.77. The molecule has 0 radical (unpaired) electrons. The average Bonchev–Trinajstić information content (AvgIpc) is 2.25. The monoisotopic (exact) mass is 166 g/mol. The molecule has 2 aliphatic carbocycles. The average molecular weight is 166 g/mol. The molecule has 0 spiro atoms. The molecule has 0 amide bonds. The molecule has 12 heavy (non-hydrogen) atoms. The third-order valence-corrected chi connectivity index (χ3v) is 3.67. The summed E-state index contributed by atoms with van der Waals surface area (Å²) in [7, 11) is 0. The smallest absolute Gasteiger partial charge is 0.0690 e. The zero-order valence-electron chi connectivity index (χ0n) is 7.84. The van der Waals surface area contributed by atoms with Gasteiger partial charge in [-0.05, 0) is 38.0 Å². The van der Waals surface area contributed by atoms with Crippen LogP contribution in [0.25, 0.3) is 0 Å². The lowest BCUT2D eigenvalue weighted by Gasteiger charge is -2.32. The van der Waals surface area contributed by atoms with Crippen molar-refractivity contribution in [1.29, 1.82) is 0 Å². The van der Waals surface area contributed by atoms with Gasteiger partial charge in [0.05, 0.1) is 5.60 Å². The molecular weight excluding hydrogens is 148 g/mol. The molecule has 1 N–H and O–H groups in total. The van der Waals surface area contributed by atoms with E-state index < -0.39 is 5.60 Å². The Morgan fingerprint density at radius 2 is 2.08 bits per heavy atom. The molecule has 0 aromatic heterocycles. The molecule has 2 rings (SSSR count). The number of hydrogen-bond acceptors (Lipinski definition) is 1. The van der Waals surface area contributed by atoms with E-state index in [-0.39, 0.29) is 0 Å². The lowest BCUT2D eigenvalue weighted by atomic mass is 9.76. The van der Waals surface area contributed by atoms with Gasteiger partial charge in [-0.25, -0.2) is 0 Å². The van der Waals surface area contributed by atoms with E-state index in [9.17, 15) is 5.11 Å². The Bertz CT molecular complexity index is 205. The highest BCUT2D eigenvalue weighted by Gasteiger charge is 2.46. The minimum Gasteiger partial charge on any atom is -0.390 e. The predicted molar refractivity (Wildman–Crippen MR) is 49.8 cm³/mol. The molecule has 2 aliphatic rings. The number of fused-ring (bicyclic) bond motifs is 1. The molecule has 1 unspecified atom stereocenters. The maximum Gasteiger partial charge on any atom is 0.0690 e. The summed E-state index contributed by atoms with van der Waals surface area (Å²) in [5.41, 5.74) is 0.854.